The minimum absolute atomic E-state index is 0.258. The van der Waals surface area contributed by atoms with Gasteiger partial charge in [0.15, 0.2) is 0 Å². The molecule has 1 rings (SSSR count). The highest BCUT2D eigenvalue weighted by molar-refractivity contribution is 5.01. The molecule has 1 atom stereocenters. The Hall–Kier alpha value is -0.560. The van der Waals surface area contributed by atoms with Crippen LogP contribution in [0.25, 0.3) is 0 Å². The number of rotatable bonds is 5. The van der Waals surface area contributed by atoms with Crippen LogP contribution in [0, 0.1) is 5.92 Å². The van der Waals surface area contributed by atoms with Crippen molar-refractivity contribution in [1.82, 2.24) is 0 Å². The Bertz CT molecular complexity index is 189. The van der Waals surface area contributed by atoms with Gasteiger partial charge in [-0.05, 0) is 25.7 Å². The molecule has 1 saturated carbocycles. The fourth-order valence-corrected chi connectivity index (χ4v) is 2.29. The SMILES string of the molecule is C=CCOC(C(=C)C)C1CCCCC1. The Labute approximate surface area is 87.8 Å². The van der Waals surface area contributed by atoms with Crippen LogP contribution in [0.4, 0.5) is 0 Å². The minimum atomic E-state index is 0.258. The summed E-state index contributed by atoms with van der Waals surface area (Å²) in [5.74, 6) is 0.696. The first-order valence-corrected chi connectivity index (χ1v) is 5.63. The summed E-state index contributed by atoms with van der Waals surface area (Å²) in [7, 11) is 0. The second-order valence-corrected chi connectivity index (χ2v) is 4.29. The zero-order chi connectivity index (χ0) is 10.4. The van der Waals surface area contributed by atoms with E-state index in [0.717, 1.165) is 0 Å². The Morgan fingerprint density at radius 2 is 2.07 bits per heavy atom. The molecule has 1 aliphatic rings. The summed E-state index contributed by atoms with van der Waals surface area (Å²) in [5.41, 5.74) is 1.17. The van der Waals surface area contributed by atoms with Crippen molar-refractivity contribution < 1.29 is 4.74 Å². The highest BCUT2D eigenvalue weighted by Crippen LogP contribution is 2.30. The summed E-state index contributed by atoms with van der Waals surface area (Å²) in [4.78, 5) is 0. The molecule has 0 amide bonds. The monoisotopic (exact) mass is 194 g/mol. The molecule has 1 heteroatoms. The van der Waals surface area contributed by atoms with Gasteiger partial charge in [-0.2, -0.15) is 0 Å². The van der Waals surface area contributed by atoms with Gasteiger partial charge in [-0.1, -0.05) is 37.5 Å². The summed E-state index contributed by atoms with van der Waals surface area (Å²) in [6.45, 7) is 10.4. The van der Waals surface area contributed by atoms with Gasteiger partial charge in [-0.25, -0.2) is 0 Å². The molecule has 0 N–H and O–H groups in total. The highest BCUT2D eigenvalue weighted by Gasteiger charge is 2.24. The summed E-state index contributed by atoms with van der Waals surface area (Å²) >= 11 is 0. The molecule has 0 spiro atoms. The van der Waals surface area contributed by atoms with E-state index in [2.05, 4.69) is 20.1 Å². The zero-order valence-electron chi connectivity index (χ0n) is 9.30. The van der Waals surface area contributed by atoms with E-state index in [1.165, 1.54) is 37.7 Å². The maximum absolute atomic E-state index is 5.77. The molecule has 1 aliphatic carbocycles. The van der Waals surface area contributed by atoms with Crippen LogP contribution in [0.15, 0.2) is 24.8 Å². The Morgan fingerprint density at radius 1 is 1.43 bits per heavy atom. The number of hydrogen-bond acceptors (Lipinski definition) is 1. The van der Waals surface area contributed by atoms with Crippen LogP contribution in [0.1, 0.15) is 39.0 Å². The first-order chi connectivity index (χ1) is 6.75. The van der Waals surface area contributed by atoms with Gasteiger partial charge in [0, 0.05) is 0 Å². The molecule has 0 aromatic rings. The van der Waals surface area contributed by atoms with Crippen LogP contribution in [0.2, 0.25) is 0 Å². The molecule has 1 unspecified atom stereocenters. The molecular weight excluding hydrogens is 172 g/mol. The van der Waals surface area contributed by atoms with E-state index in [4.69, 9.17) is 4.74 Å². The van der Waals surface area contributed by atoms with Gasteiger partial charge in [0.05, 0.1) is 12.7 Å². The van der Waals surface area contributed by atoms with Gasteiger partial charge in [0.1, 0.15) is 0 Å². The third-order valence-corrected chi connectivity index (χ3v) is 2.96. The molecule has 0 aliphatic heterocycles. The van der Waals surface area contributed by atoms with Crippen LogP contribution in [0.5, 0.6) is 0 Å². The fraction of sp³-hybridized carbons (Fsp3) is 0.692. The van der Waals surface area contributed by atoms with Crippen LogP contribution in [-0.4, -0.2) is 12.7 Å². The number of hydrogen-bond donors (Lipinski definition) is 0. The second kappa shape index (κ2) is 6.02. The van der Waals surface area contributed by atoms with Crippen molar-refractivity contribution in [2.45, 2.75) is 45.1 Å². The highest BCUT2D eigenvalue weighted by atomic mass is 16.5. The van der Waals surface area contributed by atoms with E-state index < -0.39 is 0 Å². The van der Waals surface area contributed by atoms with Crippen molar-refractivity contribution in [2.75, 3.05) is 6.61 Å². The summed E-state index contributed by atoms with van der Waals surface area (Å²) in [6, 6.07) is 0. The maximum Gasteiger partial charge on any atom is 0.0812 e. The minimum Gasteiger partial charge on any atom is -0.370 e. The van der Waals surface area contributed by atoms with E-state index in [-0.39, 0.29) is 6.10 Å². The van der Waals surface area contributed by atoms with Gasteiger partial charge in [0.2, 0.25) is 0 Å². The van der Waals surface area contributed by atoms with Crippen molar-refractivity contribution in [3.8, 4) is 0 Å². The normalized spacial score (nSPS) is 20.4. The van der Waals surface area contributed by atoms with Crippen molar-refractivity contribution in [1.29, 1.82) is 0 Å². The summed E-state index contributed by atoms with van der Waals surface area (Å²) in [5, 5.41) is 0. The molecule has 1 fully saturated rings. The van der Waals surface area contributed by atoms with Crippen molar-refractivity contribution in [3.63, 3.8) is 0 Å². The third kappa shape index (κ3) is 3.30. The van der Waals surface area contributed by atoms with E-state index in [0.29, 0.717) is 12.5 Å². The first kappa shape index (κ1) is 11.5. The lowest BCUT2D eigenvalue weighted by atomic mass is 9.83. The average molecular weight is 194 g/mol. The molecule has 1 nitrogen and oxygen atoms in total. The molecular formula is C13H22O. The number of ether oxygens (including phenoxy) is 1. The summed E-state index contributed by atoms with van der Waals surface area (Å²) < 4.78 is 5.77. The van der Waals surface area contributed by atoms with E-state index in [9.17, 15) is 0 Å². The van der Waals surface area contributed by atoms with E-state index in [1.54, 1.807) is 0 Å². The van der Waals surface area contributed by atoms with Gasteiger partial charge in [0.25, 0.3) is 0 Å². The molecule has 0 aromatic carbocycles. The molecule has 0 bridgehead atoms. The Kier molecular flexibility index (Phi) is 4.95. The van der Waals surface area contributed by atoms with Crippen LogP contribution in [-0.2, 0) is 4.74 Å². The smallest absolute Gasteiger partial charge is 0.0812 e. The average Bonchev–Trinajstić information content (AvgIpc) is 2.19. The van der Waals surface area contributed by atoms with Gasteiger partial charge < -0.3 is 4.74 Å². The lowest BCUT2D eigenvalue weighted by Crippen LogP contribution is -2.27. The van der Waals surface area contributed by atoms with Crippen molar-refractivity contribution in [3.05, 3.63) is 24.8 Å². The quantitative estimate of drug-likeness (QED) is 0.606. The second-order valence-electron chi connectivity index (χ2n) is 4.29. The topological polar surface area (TPSA) is 9.23 Å². The predicted octanol–water partition coefficient (Wildman–Crippen LogP) is 3.71. The molecule has 0 radical (unpaired) electrons. The predicted molar refractivity (Wildman–Crippen MR) is 61.3 cm³/mol. The summed E-state index contributed by atoms with van der Waals surface area (Å²) in [6.07, 6.45) is 8.77. The van der Waals surface area contributed by atoms with Crippen molar-refractivity contribution in [2.24, 2.45) is 5.92 Å². The molecule has 80 valence electrons. The molecule has 14 heavy (non-hydrogen) atoms. The Balaban J connectivity index is 2.46. The van der Waals surface area contributed by atoms with Crippen molar-refractivity contribution >= 4 is 0 Å². The van der Waals surface area contributed by atoms with Crippen LogP contribution >= 0.6 is 0 Å². The molecule has 0 aromatic heterocycles. The standard InChI is InChI=1S/C13H22O/c1-4-10-14-13(11(2)3)12-8-6-5-7-9-12/h4,12-13H,1-2,5-10H2,3H3. The fourth-order valence-electron chi connectivity index (χ4n) is 2.29. The van der Waals surface area contributed by atoms with Gasteiger partial charge >= 0.3 is 0 Å². The van der Waals surface area contributed by atoms with Crippen LogP contribution in [0.3, 0.4) is 0 Å². The van der Waals surface area contributed by atoms with Gasteiger partial charge in [-0.3, -0.25) is 0 Å². The zero-order valence-corrected chi connectivity index (χ0v) is 9.30. The van der Waals surface area contributed by atoms with Gasteiger partial charge in [-0.15, -0.1) is 6.58 Å². The largest absolute Gasteiger partial charge is 0.370 e. The van der Waals surface area contributed by atoms with Crippen LogP contribution < -0.4 is 0 Å². The van der Waals surface area contributed by atoms with E-state index >= 15 is 0 Å². The molecule has 0 saturated heterocycles. The first-order valence-electron chi connectivity index (χ1n) is 5.63. The molecule has 0 heterocycles. The lowest BCUT2D eigenvalue weighted by Gasteiger charge is -2.30. The Morgan fingerprint density at radius 3 is 2.57 bits per heavy atom. The lowest BCUT2D eigenvalue weighted by molar-refractivity contribution is 0.0415. The van der Waals surface area contributed by atoms with E-state index in [1.807, 2.05) is 6.08 Å². The third-order valence-electron chi connectivity index (χ3n) is 2.96. The maximum atomic E-state index is 5.77.